The summed E-state index contributed by atoms with van der Waals surface area (Å²) in [5.41, 5.74) is 0.956. The Morgan fingerprint density at radius 2 is 2.05 bits per heavy atom. The first-order chi connectivity index (χ1) is 10.5. The molecule has 1 aromatic carbocycles. The largest absolute Gasteiger partial charge is 0.508 e. The molecule has 22 heavy (non-hydrogen) atoms. The average molecular weight is 306 g/mol. The monoisotopic (exact) mass is 306 g/mol. The summed E-state index contributed by atoms with van der Waals surface area (Å²) in [5, 5.41) is 21.3. The lowest BCUT2D eigenvalue weighted by molar-refractivity contribution is -0.143. The minimum atomic E-state index is -0.780. The number of urea groups is 1. The zero-order valence-electron chi connectivity index (χ0n) is 12.7. The highest BCUT2D eigenvalue weighted by Crippen LogP contribution is 2.17. The van der Waals surface area contributed by atoms with E-state index >= 15 is 0 Å². The van der Waals surface area contributed by atoms with Crippen LogP contribution in [-0.2, 0) is 11.2 Å². The predicted molar refractivity (Wildman–Crippen MR) is 81.7 cm³/mol. The van der Waals surface area contributed by atoms with E-state index < -0.39 is 5.97 Å². The van der Waals surface area contributed by atoms with Gasteiger partial charge in [0.15, 0.2) is 0 Å². The van der Waals surface area contributed by atoms with Crippen molar-refractivity contribution in [1.82, 2.24) is 10.2 Å². The number of hydrogen-bond acceptors (Lipinski definition) is 3. The molecular formula is C16H22N2O4. The maximum atomic E-state index is 12.2. The number of nitrogens with zero attached hydrogens (tertiary/aromatic N) is 1. The summed E-state index contributed by atoms with van der Waals surface area (Å²) >= 11 is 0. The van der Waals surface area contributed by atoms with Crippen LogP contribution in [0, 0.1) is 5.92 Å². The second-order valence-corrected chi connectivity index (χ2v) is 5.82. The summed E-state index contributed by atoms with van der Waals surface area (Å²) < 4.78 is 0. The van der Waals surface area contributed by atoms with Crippen molar-refractivity contribution in [3.63, 3.8) is 0 Å². The highest BCUT2D eigenvalue weighted by Gasteiger charge is 2.27. The van der Waals surface area contributed by atoms with Gasteiger partial charge in [0.25, 0.3) is 0 Å². The number of phenolic OH excluding ortho intramolecular Hbond substituents is 1. The molecule has 1 saturated heterocycles. The topological polar surface area (TPSA) is 89.9 Å². The third-order valence-corrected chi connectivity index (χ3v) is 3.95. The maximum absolute atomic E-state index is 12.2. The number of benzene rings is 1. The Balaban J connectivity index is 1.80. The van der Waals surface area contributed by atoms with Gasteiger partial charge in [-0.1, -0.05) is 12.1 Å². The van der Waals surface area contributed by atoms with Crippen molar-refractivity contribution in [3.05, 3.63) is 29.8 Å². The number of carboxylic acids is 1. The van der Waals surface area contributed by atoms with Crippen LogP contribution in [0.25, 0.3) is 0 Å². The zero-order chi connectivity index (χ0) is 16.1. The highest BCUT2D eigenvalue weighted by atomic mass is 16.4. The molecule has 0 aliphatic carbocycles. The molecule has 0 spiro atoms. The Hall–Kier alpha value is -2.24. The third kappa shape index (κ3) is 4.38. The number of aromatic hydroxyl groups is 1. The fourth-order valence-corrected chi connectivity index (χ4v) is 2.72. The lowest BCUT2D eigenvalue weighted by Crippen LogP contribution is -2.48. The molecule has 1 aliphatic heterocycles. The van der Waals surface area contributed by atoms with E-state index in [1.54, 1.807) is 23.1 Å². The van der Waals surface area contributed by atoms with Gasteiger partial charge in [-0.25, -0.2) is 4.79 Å². The maximum Gasteiger partial charge on any atom is 0.317 e. The minimum absolute atomic E-state index is 0.0634. The van der Waals surface area contributed by atoms with Crippen molar-refractivity contribution in [2.45, 2.75) is 32.2 Å². The van der Waals surface area contributed by atoms with E-state index in [2.05, 4.69) is 5.32 Å². The molecule has 1 heterocycles. The Morgan fingerprint density at radius 1 is 1.36 bits per heavy atom. The second kappa shape index (κ2) is 7.15. The first-order valence-corrected chi connectivity index (χ1v) is 7.52. The van der Waals surface area contributed by atoms with Crippen molar-refractivity contribution < 1.29 is 19.8 Å². The van der Waals surface area contributed by atoms with E-state index in [4.69, 9.17) is 5.11 Å². The number of carboxylic acid groups (broad SMARTS) is 1. The van der Waals surface area contributed by atoms with Crippen LogP contribution in [0.3, 0.4) is 0 Å². The van der Waals surface area contributed by atoms with Gasteiger partial charge in [-0.05, 0) is 43.9 Å². The third-order valence-electron chi connectivity index (χ3n) is 3.95. The molecule has 6 heteroatoms. The molecule has 0 bridgehead atoms. The van der Waals surface area contributed by atoms with Crippen LogP contribution in [0.15, 0.2) is 24.3 Å². The van der Waals surface area contributed by atoms with Crippen molar-refractivity contribution >= 4 is 12.0 Å². The average Bonchev–Trinajstić information content (AvgIpc) is 2.47. The smallest absolute Gasteiger partial charge is 0.317 e. The van der Waals surface area contributed by atoms with Gasteiger partial charge in [-0.2, -0.15) is 0 Å². The van der Waals surface area contributed by atoms with Crippen molar-refractivity contribution in [2.24, 2.45) is 5.92 Å². The Morgan fingerprint density at radius 3 is 2.64 bits per heavy atom. The molecule has 0 saturated carbocycles. The normalized spacial score (nSPS) is 17.0. The highest BCUT2D eigenvalue weighted by molar-refractivity contribution is 5.75. The quantitative estimate of drug-likeness (QED) is 0.791. The number of phenols is 1. The van der Waals surface area contributed by atoms with Crippen LogP contribution in [0.1, 0.15) is 25.3 Å². The van der Waals surface area contributed by atoms with E-state index in [9.17, 15) is 14.7 Å². The zero-order valence-corrected chi connectivity index (χ0v) is 12.7. The summed E-state index contributed by atoms with van der Waals surface area (Å²) in [7, 11) is 0. The molecule has 1 aliphatic rings. The van der Waals surface area contributed by atoms with E-state index in [-0.39, 0.29) is 23.7 Å². The summed E-state index contributed by atoms with van der Waals surface area (Å²) in [4.78, 5) is 24.7. The Labute approximate surface area is 129 Å². The minimum Gasteiger partial charge on any atom is -0.508 e. The van der Waals surface area contributed by atoms with Crippen molar-refractivity contribution in [1.29, 1.82) is 0 Å². The van der Waals surface area contributed by atoms with Crippen LogP contribution < -0.4 is 5.32 Å². The van der Waals surface area contributed by atoms with Gasteiger partial charge in [0.1, 0.15) is 5.75 Å². The molecule has 1 aromatic rings. The summed E-state index contributed by atoms with van der Waals surface area (Å²) in [6, 6.07) is 6.75. The van der Waals surface area contributed by atoms with Gasteiger partial charge < -0.3 is 20.4 Å². The lowest BCUT2D eigenvalue weighted by atomic mass is 9.97. The van der Waals surface area contributed by atoms with E-state index in [1.807, 2.05) is 13.0 Å². The first kappa shape index (κ1) is 16.1. The number of hydrogen-bond donors (Lipinski definition) is 3. The molecule has 1 fully saturated rings. The summed E-state index contributed by atoms with van der Waals surface area (Å²) in [5.74, 6) is -0.905. The van der Waals surface area contributed by atoms with Crippen LogP contribution in [0.2, 0.25) is 0 Å². The summed E-state index contributed by atoms with van der Waals surface area (Å²) in [6.07, 6.45) is 1.64. The van der Waals surface area contributed by atoms with Crippen molar-refractivity contribution in [2.75, 3.05) is 13.1 Å². The van der Waals surface area contributed by atoms with Gasteiger partial charge in [-0.15, -0.1) is 0 Å². The van der Waals surface area contributed by atoms with Gasteiger partial charge in [-0.3, -0.25) is 4.79 Å². The lowest BCUT2D eigenvalue weighted by Gasteiger charge is -2.31. The Bertz CT molecular complexity index is 539. The SMILES string of the molecule is CC(Cc1cccc(O)c1)NC(=O)N1CCC(C(=O)O)CC1. The molecule has 1 unspecified atom stereocenters. The Kier molecular flexibility index (Phi) is 5.25. The fourth-order valence-electron chi connectivity index (χ4n) is 2.72. The second-order valence-electron chi connectivity index (χ2n) is 5.82. The molecule has 0 aromatic heterocycles. The van der Waals surface area contributed by atoms with Crippen LogP contribution in [-0.4, -0.2) is 46.2 Å². The molecule has 3 N–H and O–H groups in total. The van der Waals surface area contributed by atoms with E-state index in [0.717, 1.165) is 5.56 Å². The summed E-state index contributed by atoms with van der Waals surface area (Å²) in [6.45, 7) is 2.86. The molecule has 0 radical (unpaired) electrons. The van der Waals surface area contributed by atoms with Gasteiger partial charge in [0, 0.05) is 19.1 Å². The van der Waals surface area contributed by atoms with E-state index in [0.29, 0.717) is 32.4 Å². The molecule has 1 atom stereocenters. The number of piperidine rings is 1. The molecule has 2 rings (SSSR count). The van der Waals surface area contributed by atoms with Gasteiger partial charge in [0.05, 0.1) is 5.92 Å². The molecule has 120 valence electrons. The number of amides is 2. The molecular weight excluding hydrogens is 284 g/mol. The molecule has 6 nitrogen and oxygen atoms in total. The number of carbonyl (C=O) groups is 2. The fraction of sp³-hybridized carbons (Fsp3) is 0.500. The number of carbonyl (C=O) groups excluding carboxylic acids is 1. The first-order valence-electron chi connectivity index (χ1n) is 7.52. The van der Waals surface area contributed by atoms with Crippen LogP contribution >= 0.6 is 0 Å². The van der Waals surface area contributed by atoms with Gasteiger partial charge >= 0.3 is 12.0 Å². The molecule has 2 amide bonds. The van der Waals surface area contributed by atoms with Crippen LogP contribution in [0.5, 0.6) is 5.75 Å². The number of likely N-dealkylation sites (tertiary alicyclic amines) is 1. The van der Waals surface area contributed by atoms with Gasteiger partial charge in [0.2, 0.25) is 0 Å². The number of rotatable bonds is 4. The van der Waals surface area contributed by atoms with Crippen LogP contribution in [0.4, 0.5) is 4.79 Å². The number of nitrogens with one attached hydrogen (secondary N) is 1. The van der Waals surface area contributed by atoms with E-state index in [1.165, 1.54) is 0 Å². The number of aliphatic carboxylic acids is 1. The standard InChI is InChI=1S/C16H22N2O4/c1-11(9-12-3-2-4-14(19)10-12)17-16(22)18-7-5-13(6-8-18)15(20)21/h2-4,10-11,13,19H,5-9H2,1H3,(H,17,22)(H,20,21). The predicted octanol–water partition coefficient (Wildman–Crippen LogP) is 1.83. The van der Waals surface area contributed by atoms with Crippen molar-refractivity contribution in [3.8, 4) is 5.75 Å².